The van der Waals surface area contributed by atoms with Crippen LogP contribution in [0.3, 0.4) is 0 Å². The minimum Gasteiger partial charge on any atom is -0.294 e. The lowest BCUT2D eigenvalue weighted by atomic mass is 9.95. The zero-order valence-corrected chi connectivity index (χ0v) is 6.35. The highest BCUT2D eigenvalue weighted by atomic mass is 14.7. The van der Waals surface area contributed by atoms with Gasteiger partial charge in [0.25, 0.3) is 0 Å². The van der Waals surface area contributed by atoms with Crippen LogP contribution in [-0.4, -0.2) is 12.3 Å². The van der Waals surface area contributed by atoms with E-state index in [1.54, 1.807) is 0 Å². The third-order valence-corrected chi connectivity index (χ3v) is 2.04. The minimum absolute atomic E-state index is 0.767. The van der Waals surface area contributed by atoms with Crippen LogP contribution in [0.4, 0.5) is 0 Å². The highest BCUT2D eigenvalue weighted by Crippen LogP contribution is 2.15. The maximum absolute atomic E-state index is 4.45. The molecule has 0 saturated carbocycles. The molecule has 52 valence electrons. The smallest absolute Gasteiger partial charge is 0.0389 e. The molecule has 1 atom stereocenters. The number of aliphatic imine (C=N–C) groups is 1. The van der Waals surface area contributed by atoms with E-state index in [0.717, 1.165) is 18.9 Å². The van der Waals surface area contributed by atoms with Gasteiger partial charge in [0.15, 0.2) is 0 Å². The first-order valence-corrected chi connectivity index (χ1v) is 3.87. The number of rotatable bonds is 1. The molecule has 0 N–H and O–H groups in total. The maximum Gasteiger partial charge on any atom is 0.0389 e. The van der Waals surface area contributed by atoms with Gasteiger partial charge in [0, 0.05) is 12.3 Å². The molecule has 1 heteroatoms. The minimum atomic E-state index is 0.767. The van der Waals surface area contributed by atoms with E-state index in [2.05, 4.69) is 18.8 Å². The van der Waals surface area contributed by atoms with Crippen molar-refractivity contribution in [3.8, 4) is 0 Å². The summed E-state index contributed by atoms with van der Waals surface area (Å²) in [7, 11) is 0. The second kappa shape index (κ2) is 3.00. The van der Waals surface area contributed by atoms with Gasteiger partial charge in [-0.25, -0.2) is 0 Å². The molecule has 0 aromatic rings. The van der Waals surface area contributed by atoms with Crippen molar-refractivity contribution in [3.05, 3.63) is 0 Å². The van der Waals surface area contributed by atoms with Crippen LogP contribution in [0, 0.1) is 5.92 Å². The van der Waals surface area contributed by atoms with E-state index in [-0.39, 0.29) is 0 Å². The Kier molecular flexibility index (Phi) is 2.26. The third kappa shape index (κ3) is 1.54. The zero-order chi connectivity index (χ0) is 6.69. The number of hydrogen-bond acceptors (Lipinski definition) is 1. The van der Waals surface area contributed by atoms with Gasteiger partial charge in [0.2, 0.25) is 0 Å². The fraction of sp³-hybridized carbons (Fsp3) is 0.875. The topological polar surface area (TPSA) is 12.4 Å². The van der Waals surface area contributed by atoms with Crippen molar-refractivity contribution in [1.82, 2.24) is 0 Å². The molecule has 0 radical (unpaired) electrons. The highest BCUT2D eigenvalue weighted by molar-refractivity contribution is 5.86. The summed E-state index contributed by atoms with van der Waals surface area (Å²) in [6.07, 6.45) is 3.80. The fourth-order valence-corrected chi connectivity index (χ4v) is 1.40. The quantitative estimate of drug-likeness (QED) is 0.509. The van der Waals surface area contributed by atoms with Crippen molar-refractivity contribution in [2.24, 2.45) is 10.9 Å². The molecule has 0 amide bonds. The van der Waals surface area contributed by atoms with Crippen LogP contribution in [0.25, 0.3) is 0 Å². The molecule has 9 heavy (non-hydrogen) atoms. The van der Waals surface area contributed by atoms with Crippen molar-refractivity contribution < 1.29 is 0 Å². The van der Waals surface area contributed by atoms with Gasteiger partial charge in [-0.3, -0.25) is 4.99 Å². The molecule has 0 aromatic heterocycles. The van der Waals surface area contributed by atoms with Crippen molar-refractivity contribution in [1.29, 1.82) is 0 Å². The molecule has 1 aliphatic rings. The Balaban J connectivity index is 2.53. The molecular weight excluding hydrogens is 110 g/mol. The van der Waals surface area contributed by atoms with Gasteiger partial charge >= 0.3 is 0 Å². The Morgan fingerprint density at radius 1 is 1.67 bits per heavy atom. The van der Waals surface area contributed by atoms with Gasteiger partial charge in [-0.05, 0) is 25.2 Å². The van der Waals surface area contributed by atoms with E-state index < -0.39 is 0 Å². The summed E-state index contributed by atoms with van der Waals surface area (Å²) in [5, 5.41) is 0. The van der Waals surface area contributed by atoms with Crippen LogP contribution in [0.5, 0.6) is 0 Å². The lowest BCUT2D eigenvalue weighted by Crippen LogP contribution is -2.15. The lowest BCUT2D eigenvalue weighted by molar-refractivity contribution is 0.600. The average molecular weight is 125 g/mol. The van der Waals surface area contributed by atoms with E-state index in [0.29, 0.717) is 0 Å². The predicted molar refractivity (Wildman–Crippen MR) is 41.0 cm³/mol. The average Bonchev–Trinajstić information content (AvgIpc) is 1.89. The number of nitrogens with zero attached hydrogens (tertiary/aromatic N) is 1. The second-order valence-corrected chi connectivity index (χ2v) is 2.77. The Morgan fingerprint density at radius 2 is 2.44 bits per heavy atom. The maximum atomic E-state index is 4.45. The molecule has 0 saturated heterocycles. The monoisotopic (exact) mass is 125 g/mol. The molecular formula is C8H15N. The van der Waals surface area contributed by atoms with Gasteiger partial charge < -0.3 is 0 Å². The molecule has 1 heterocycles. The summed E-state index contributed by atoms with van der Waals surface area (Å²) in [6.45, 7) is 5.55. The van der Waals surface area contributed by atoms with Crippen molar-refractivity contribution in [2.75, 3.05) is 6.54 Å². The normalized spacial score (nSPS) is 27.8. The highest BCUT2D eigenvalue weighted by Gasteiger charge is 2.11. The van der Waals surface area contributed by atoms with Gasteiger partial charge in [-0.2, -0.15) is 0 Å². The van der Waals surface area contributed by atoms with Crippen LogP contribution >= 0.6 is 0 Å². The van der Waals surface area contributed by atoms with E-state index in [9.17, 15) is 0 Å². The van der Waals surface area contributed by atoms with Crippen molar-refractivity contribution >= 4 is 5.71 Å². The van der Waals surface area contributed by atoms with Crippen LogP contribution in [0.1, 0.15) is 33.1 Å². The molecule has 1 rings (SSSR count). The number of hydrogen-bond donors (Lipinski definition) is 0. The first kappa shape index (κ1) is 6.79. The van der Waals surface area contributed by atoms with E-state index in [4.69, 9.17) is 0 Å². The molecule has 0 aliphatic carbocycles. The summed E-state index contributed by atoms with van der Waals surface area (Å²) in [4.78, 5) is 4.45. The Labute approximate surface area is 57.2 Å². The van der Waals surface area contributed by atoms with Gasteiger partial charge in [-0.15, -0.1) is 0 Å². The second-order valence-electron chi connectivity index (χ2n) is 2.77. The van der Waals surface area contributed by atoms with E-state index in [1.807, 2.05) is 0 Å². The van der Waals surface area contributed by atoms with Gasteiger partial charge in [0.05, 0.1) is 0 Å². The van der Waals surface area contributed by atoms with Gasteiger partial charge in [-0.1, -0.05) is 13.8 Å². The van der Waals surface area contributed by atoms with Crippen LogP contribution in [-0.2, 0) is 0 Å². The molecule has 1 nitrogen and oxygen atoms in total. The molecule has 0 spiro atoms. The van der Waals surface area contributed by atoms with Crippen molar-refractivity contribution in [3.63, 3.8) is 0 Å². The molecule has 0 aromatic carbocycles. The Bertz CT molecular complexity index is 116. The first-order valence-electron chi connectivity index (χ1n) is 3.87. The Hall–Kier alpha value is -0.330. The van der Waals surface area contributed by atoms with Crippen molar-refractivity contribution in [2.45, 2.75) is 33.1 Å². The van der Waals surface area contributed by atoms with E-state index in [1.165, 1.54) is 18.6 Å². The van der Waals surface area contributed by atoms with Gasteiger partial charge in [0.1, 0.15) is 0 Å². The van der Waals surface area contributed by atoms with E-state index >= 15 is 0 Å². The third-order valence-electron chi connectivity index (χ3n) is 2.04. The predicted octanol–water partition coefficient (Wildman–Crippen LogP) is 2.27. The molecule has 0 bridgehead atoms. The zero-order valence-electron chi connectivity index (χ0n) is 6.35. The summed E-state index contributed by atoms with van der Waals surface area (Å²) >= 11 is 0. The summed E-state index contributed by atoms with van der Waals surface area (Å²) in [5.41, 5.74) is 1.43. The summed E-state index contributed by atoms with van der Waals surface area (Å²) in [5.74, 6) is 0.767. The molecule has 1 aliphatic heterocycles. The lowest BCUT2D eigenvalue weighted by Gasteiger charge is -2.17. The Morgan fingerprint density at radius 3 is 2.89 bits per heavy atom. The fourth-order valence-electron chi connectivity index (χ4n) is 1.40. The first-order chi connectivity index (χ1) is 4.34. The largest absolute Gasteiger partial charge is 0.294 e. The summed E-state index contributed by atoms with van der Waals surface area (Å²) in [6, 6.07) is 0. The van der Waals surface area contributed by atoms with Crippen LogP contribution < -0.4 is 0 Å². The molecule has 0 fully saturated rings. The SMILES string of the molecule is CCC1=NCCCC1C. The standard InChI is InChI=1S/C8H15N/c1-3-8-7(2)5-4-6-9-8/h7H,3-6H2,1-2H3. The molecule has 1 unspecified atom stereocenters. The summed E-state index contributed by atoms with van der Waals surface area (Å²) < 4.78 is 0. The van der Waals surface area contributed by atoms with Crippen LogP contribution in [0.15, 0.2) is 4.99 Å². The van der Waals surface area contributed by atoms with Crippen LogP contribution in [0.2, 0.25) is 0 Å².